The Balaban J connectivity index is 1.64. The number of nitrogens with zero attached hydrogens (tertiary/aromatic N) is 1. The lowest BCUT2D eigenvalue weighted by Crippen LogP contribution is -2.34. The fourth-order valence-corrected chi connectivity index (χ4v) is 2.81. The molecule has 120 valence electrons. The average molecular weight is 296 g/mol. The Labute approximate surface area is 127 Å². The standard InChI is InChI=1S/C16H28N2O3/c1-11-5-4-6-15(7-11)20-10-14(19)9-17-13(3)16-18-8-12(2)21-16/h8,11,13-15,17,19H,4-7,9-10H2,1-3H3. The summed E-state index contributed by atoms with van der Waals surface area (Å²) in [6, 6.07) is -0.0111. The zero-order chi connectivity index (χ0) is 15.2. The lowest BCUT2D eigenvalue weighted by atomic mass is 9.89. The minimum Gasteiger partial charge on any atom is -0.444 e. The highest BCUT2D eigenvalue weighted by Crippen LogP contribution is 2.25. The largest absolute Gasteiger partial charge is 0.444 e. The van der Waals surface area contributed by atoms with Crippen LogP contribution in [0.5, 0.6) is 0 Å². The molecule has 5 heteroatoms. The van der Waals surface area contributed by atoms with Crippen LogP contribution in [-0.4, -0.2) is 35.5 Å². The van der Waals surface area contributed by atoms with Crippen molar-refractivity contribution in [3.63, 3.8) is 0 Å². The smallest absolute Gasteiger partial charge is 0.211 e. The van der Waals surface area contributed by atoms with Crippen LogP contribution < -0.4 is 5.32 Å². The Morgan fingerprint density at radius 3 is 3.00 bits per heavy atom. The minimum absolute atomic E-state index is 0.0111. The zero-order valence-corrected chi connectivity index (χ0v) is 13.3. The van der Waals surface area contributed by atoms with Gasteiger partial charge in [-0.3, -0.25) is 0 Å². The molecule has 0 saturated heterocycles. The molecule has 2 rings (SSSR count). The SMILES string of the molecule is Cc1cnc(C(C)NCC(O)COC2CCCC(C)C2)o1. The number of aliphatic hydroxyl groups excluding tert-OH is 1. The first-order valence-electron chi connectivity index (χ1n) is 8.00. The molecule has 21 heavy (non-hydrogen) atoms. The van der Waals surface area contributed by atoms with Crippen molar-refractivity contribution in [1.29, 1.82) is 0 Å². The maximum Gasteiger partial charge on any atom is 0.211 e. The van der Waals surface area contributed by atoms with Crippen LogP contribution in [0.25, 0.3) is 0 Å². The van der Waals surface area contributed by atoms with E-state index in [1.165, 1.54) is 12.8 Å². The summed E-state index contributed by atoms with van der Waals surface area (Å²) in [6.45, 7) is 6.98. The van der Waals surface area contributed by atoms with Crippen LogP contribution >= 0.6 is 0 Å². The number of aromatic nitrogens is 1. The molecule has 1 fully saturated rings. The lowest BCUT2D eigenvalue weighted by molar-refractivity contribution is -0.0312. The molecule has 1 aromatic rings. The second kappa shape index (κ2) is 7.92. The molecule has 1 heterocycles. The Morgan fingerprint density at radius 1 is 1.52 bits per heavy atom. The molecule has 1 aromatic heterocycles. The van der Waals surface area contributed by atoms with Crippen molar-refractivity contribution >= 4 is 0 Å². The molecule has 0 aliphatic heterocycles. The van der Waals surface area contributed by atoms with E-state index < -0.39 is 6.10 Å². The van der Waals surface area contributed by atoms with E-state index in [4.69, 9.17) is 9.15 Å². The van der Waals surface area contributed by atoms with E-state index in [0.717, 1.165) is 24.5 Å². The summed E-state index contributed by atoms with van der Waals surface area (Å²) < 4.78 is 11.3. The predicted octanol–water partition coefficient (Wildman–Crippen LogP) is 2.59. The molecule has 1 saturated carbocycles. The van der Waals surface area contributed by atoms with Gasteiger partial charge in [0.25, 0.3) is 0 Å². The zero-order valence-electron chi connectivity index (χ0n) is 13.3. The van der Waals surface area contributed by atoms with Crippen molar-refractivity contribution in [1.82, 2.24) is 10.3 Å². The second-order valence-electron chi connectivity index (χ2n) is 6.32. The molecular weight excluding hydrogens is 268 g/mol. The molecule has 2 N–H and O–H groups in total. The van der Waals surface area contributed by atoms with Gasteiger partial charge in [0, 0.05) is 6.54 Å². The normalized spacial score (nSPS) is 25.7. The number of hydrogen-bond donors (Lipinski definition) is 2. The summed E-state index contributed by atoms with van der Waals surface area (Å²) in [6.07, 6.45) is 6.30. The maximum absolute atomic E-state index is 10.0. The van der Waals surface area contributed by atoms with E-state index in [1.54, 1.807) is 6.20 Å². The van der Waals surface area contributed by atoms with Gasteiger partial charge >= 0.3 is 0 Å². The summed E-state index contributed by atoms with van der Waals surface area (Å²) in [5.41, 5.74) is 0. The Hall–Kier alpha value is -0.910. The average Bonchev–Trinajstić information content (AvgIpc) is 2.89. The Kier molecular flexibility index (Phi) is 6.21. The number of aryl methyl sites for hydroxylation is 1. The van der Waals surface area contributed by atoms with Crippen molar-refractivity contribution < 1.29 is 14.3 Å². The summed E-state index contributed by atoms with van der Waals surface area (Å²) in [5.74, 6) is 2.20. The monoisotopic (exact) mass is 296 g/mol. The Morgan fingerprint density at radius 2 is 2.33 bits per heavy atom. The molecule has 0 aromatic carbocycles. The first-order chi connectivity index (χ1) is 10.0. The molecule has 5 nitrogen and oxygen atoms in total. The third-order valence-corrected chi connectivity index (χ3v) is 4.08. The molecule has 0 radical (unpaired) electrons. The third-order valence-electron chi connectivity index (χ3n) is 4.08. The second-order valence-corrected chi connectivity index (χ2v) is 6.32. The summed E-state index contributed by atoms with van der Waals surface area (Å²) in [5, 5.41) is 13.2. The number of nitrogens with one attached hydrogen (secondary N) is 1. The third kappa shape index (κ3) is 5.41. The summed E-state index contributed by atoms with van der Waals surface area (Å²) in [7, 11) is 0. The molecule has 4 unspecified atom stereocenters. The van der Waals surface area contributed by atoms with Gasteiger partial charge < -0.3 is 19.6 Å². The molecule has 1 aliphatic rings. The van der Waals surface area contributed by atoms with Gasteiger partial charge in [-0.05, 0) is 32.6 Å². The molecular formula is C16H28N2O3. The van der Waals surface area contributed by atoms with Crippen LogP contribution in [0.15, 0.2) is 10.6 Å². The Bertz CT molecular complexity index is 421. The van der Waals surface area contributed by atoms with Gasteiger partial charge in [-0.25, -0.2) is 4.98 Å². The first-order valence-corrected chi connectivity index (χ1v) is 8.00. The fourth-order valence-electron chi connectivity index (χ4n) is 2.81. The molecule has 0 amide bonds. The van der Waals surface area contributed by atoms with E-state index >= 15 is 0 Å². The highest BCUT2D eigenvalue weighted by molar-refractivity contribution is 4.95. The fraction of sp³-hybridized carbons (Fsp3) is 0.812. The number of oxazole rings is 1. The van der Waals surface area contributed by atoms with Gasteiger partial charge in [-0.1, -0.05) is 19.8 Å². The lowest BCUT2D eigenvalue weighted by Gasteiger charge is -2.27. The van der Waals surface area contributed by atoms with Gasteiger partial charge in [0.1, 0.15) is 5.76 Å². The quantitative estimate of drug-likeness (QED) is 0.809. The highest BCUT2D eigenvalue weighted by Gasteiger charge is 2.20. The van der Waals surface area contributed by atoms with Crippen molar-refractivity contribution in [2.75, 3.05) is 13.2 Å². The van der Waals surface area contributed by atoms with Crippen molar-refractivity contribution in [2.24, 2.45) is 5.92 Å². The molecule has 1 aliphatic carbocycles. The van der Waals surface area contributed by atoms with E-state index in [0.29, 0.717) is 25.1 Å². The van der Waals surface area contributed by atoms with Crippen molar-refractivity contribution in [3.05, 3.63) is 17.8 Å². The van der Waals surface area contributed by atoms with Crippen LogP contribution in [0, 0.1) is 12.8 Å². The molecule has 0 bridgehead atoms. The van der Waals surface area contributed by atoms with Crippen LogP contribution in [0.1, 0.15) is 57.2 Å². The van der Waals surface area contributed by atoms with Gasteiger partial charge in [0.05, 0.1) is 31.1 Å². The number of rotatable bonds is 7. The van der Waals surface area contributed by atoms with Crippen LogP contribution in [0.2, 0.25) is 0 Å². The first kappa shape index (κ1) is 16.5. The molecule has 4 atom stereocenters. The van der Waals surface area contributed by atoms with Gasteiger partial charge in [-0.2, -0.15) is 0 Å². The van der Waals surface area contributed by atoms with Gasteiger partial charge in [0.2, 0.25) is 5.89 Å². The summed E-state index contributed by atoms with van der Waals surface area (Å²) in [4.78, 5) is 4.18. The number of hydrogen-bond acceptors (Lipinski definition) is 5. The van der Waals surface area contributed by atoms with Crippen LogP contribution in [0.3, 0.4) is 0 Å². The topological polar surface area (TPSA) is 67.5 Å². The van der Waals surface area contributed by atoms with Crippen molar-refractivity contribution in [3.8, 4) is 0 Å². The maximum atomic E-state index is 10.0. The minimum atomic E-state index is -0.499. The van der Waals surface area contributed by atoms with Gasteiger partial charge in [-0.15, -0.1) is 0 Å². The number of aliphatic hydroxyl groups is 1. The van der Waals surface area contributed by atoms with Gasteiger partial charge in [0.15, 0.2) is 0 Å². The predicted molar refractivity (Wildman–Crippen MR) is 81.0 cm³/mol. The molecule has 0 spiro atoms. The van der Waals surface area contributed by atoms with Crippen LogP contribution in [-0.2, 0) is 4.74 Å². The summed E-state index contributed by atoms with van der Waals surface area (Å²) >= 11 is 0. The number of ether oxygens (including phenoxy) is 1. The van der Waals surface area contributed by atoms with E-state index in [1.807, 2.05) is 13.8 Å². The van der Waals surface area contributed by atoms with E-state index in [2.05, 4.69) is 17.2 Å². The van der Waals surface area contributed by atoms with Crippen molar-refractivity contribution in [2.45, 2.75) is 64.7 Å². The van der Waals surface area contributed by atoms with E-state index in [9.17, 15) is 5.11 Å². The van der Waals surface area contributed by atoms with Crippen LogP contribution in [0.4, 0.5) is 0 Å². The van der Waals surface area contributed by atoms with E-state index in [-0.39, 0.29) is 6.04 Å². The highest BCUT2D eigenvalue weighted by atomic mass is 16.5.